The van der Waals surface area contributed by atoms with Crippen LogP contribution in [-0.4, -0.2) is 73.8 Å². The molecule has 2 aromatic rings. The molecule has 0 aliphatic carbocycles. The number of aromatic amines is 1. The van der Waals surface area contributed by atoms with E-state index in [2.05, 4.69) is 10.3 Å². The van der Waals surface area contributed by atoms with Gasteiger partial charge in [-0.15, -0.1) is 11.6 Å². The van der Waals surface area contributed by atoms with E-state index in [0.717, 1.165) is 28.0 Å². The number of carbonyl (C=O) groups is 1. The standard InChI is InChI=1S/C25H35ClN3O9PS/c1-24(2,15-30)22(33)40-12-11-36-39(35,16-27-13-17-7-5-4-6-8-17)37-14-18-20(32)25(3,26)21(38-18)29-10-9-19(31)28-23(29)34/h4-10,18,20-21,27,30,32H,11-16H2,1-3H3,(H,28,31,34)/t18-,20-,21?,25-,39?/m1/s1. The third-order valence-corrected chi connectivity index (χ3v) is 9.61. The molecule has 2 unspecified atom stereocenters. The van der Waals surface area contributed by atoms with E-state index < -0.39 is 47.6 Å². The lowest BCUT2D eigenvalue weighted by molar-refractivity contribution is -0.119. The number of alkyl halides is 1. The first-order valence-electron chi connectivity index (χ1n) is 12.5. The van der Waals surface area contributed by atoms with Gasteiger partial charge in [0.05, 0.1) is 31.5 Å². The lowest BCUT2D eigenvalue weighted by Gasteiger charge is -2.26. The molecule has 0 saturated carbocycles. The molecule has 15 heteroatoms. The highest BCUT2D eigenvalue weighted by Gasteiger charge is 2.54. The summed E-state index contributed by atoms with van der Waals surface area (Å²) < 4.78 is 31.9. The van der Waals surface area contributed by atoms with Gasteiger partial charge in [-0.25, -0.2) is 4.79 Å². The van der Waals surface area contributed by atoms with Crippen molar-refractivity contribution in [1.29, 1.82) is 0 Å². The molecule has 3 rings (SSSR count). The first-order chi connectivity index (χ1) is 18.8. The summed E-state index contributed by atoms with van der Waals surface area (Å²) in [5, 5.41) is 23.1. The quantitative estimate of drug-likeness (QED) is 0.139. The number of ether oxygens (including phenoxy) is 1. The summed E-state index contributed by atoms with van der Waals surface area (Å²) in [6, 6.07) is 10.5. The van der Waals surface area contributed by atoms with E-state index in [1.807, 2.05) is 30.3 Å². The predicted octanol–water partition coefficient (Wildman–Crippen LogP) is 2.04. The van der Waals surface area contributed by atoms with Crippen LogP contribution in [0.3, 0.4) is 0 Å². The molecule has 1 aliphatic heterocycles. The highest BCUT2D eigenvalue weighted by Crippen LogP contribution is 2.49. The summed E-state index contributed by atoms with van der Waals surface area (Å²) in [5.41, 5.74) is -1.34. The van der Waals surface area contributed by atoms with E-state index in [1.165, 1.54) is 13.1 Å². The van der Waals surface area contributed by atoms with Gasteiger partial charge in [0.25, 0.3) is 5.56 Å². The van der Waals surface area contributed by atoms with Crippen molar-refractivity contribution in [1.82, 2.24) is 14.9 Å². The van der Waals surface area contributed by atoms with Crippen LogP contribution in [0.4, 0.5) is 0 Å². The molecule has 1 aliphatic rings. The Balaban J connectivity index is 1.67. The molecule has 5 atom stereocenters. The fraction of sp³-hybridized carbons (Fsp3) is 0.560. The van der Waals surface area contributed by atoms with Gasteiger partial charge < -0.3 is 29.3 Å². The van der Waals surface area contributed by atoms with Crippen LogP contribution in [0.25, 0.3) is 0 Å². The third-order valence-electron chi connectivity index (χ3n) is 6.29. The fourth-order valence-corrected chi connectivity index (χ4v) is 6.40. The topological polar surface area (TPSA) is 169 Å². The second-order valence-electron chi connectivity index (χ2n) is 10.1. The van der Waals surface area contributed by atoms with Crippen molar-refractivity contribution in [2.24, 2.45) is 5.41 Å². The second-order valence-corrected chi connectivity index (χ2v) is 14.1. The Labute approximate surface area is 240 Å². The zero-order valence-electron chi connectivity index (χ0n) is 22.4. The van der Waals surface area contributed by atoms with Gasteiger partial charge in [0.2, 0.25) is 0 Å². The van der Waals surface area contributed by atoms with Crippen LogP contribution in [0.15, 0.2) is 52.2 Å². The number of hydrogen-bond acceptors (Lipinski definition) is 11. The maximum absolute atomic E-state index is 13.7. The number of halogens is 1. The Kier molecular flexibility index (Phi) is 11.4. The number of thioether (sulfide) groups is 1. The fourth-order valence-electron chi connectivity index (χ4n) is 3.78. The van der Waals surface area contributed by atoms with Gasteiger partial charge in [0.1, 0.15) is 17.1 Å². The van der Waals surface area contributed by atoms with Crippen molar-refractivity contribution < 1.29 is 33.4 Å². The smallest absolute Gasteiger partial charge is 0.344 e. The summed E-state index contributed by atoms with van der Waals surface area (Å²) in [4.78, 5) is 36.7. The minimum absolute atomic E-state index is 0.0844. The minimum atomic E-state index is -3.83. The monoisotopic (exact) mass is 619 g/mol. The van der Waals surface area contributed by atoms with E-state index >= 15 is 0 Å². The number of hydrogen-bond donors (Lipinski definition) is 4. The maximum atomic E-state index is 13.7. The van der Waals surface area contributed by atoms with Crippen LogP contribution in [-0.2, 0) is 29.7 Å². The van der Waals surface area contributed by atoms with E-state index in [-0.39, 0.29) is 37.0 Å². The van der Waals surface area contributed by atoms with Gasteiger partial charge in [-0.1, -0.05) is 42.1 Å². The SMILES string of the molecule is CC(C)(CO)C(=O)SCCOP(=O)(CNCc1ccccc1)OC[C@H]1OC(n2ccc(=O)[nH]c2=O)[C@](C)(Cl)[C@@H]1O. The van der Waals surface area contributed by atoms with Gasteiger partial charge in [-0.05, 0) is 26.3 Å². The van der Waals surface area contributed by atoms with Crippen LogP contribution in [0, 0.1) is 5.41 Å². The number of H-pyrrole nitrogens is 1. The Bertz CT molecular complexity index is 1300. The predicted molar refractivity (Wildman–Crippen MR) is 151 cm³/mol. The molecule has 0 spiro atoms. The van der Waals surface area contributed by atoms with Crippen LogP contribution < -0.4 is 16.6 Å². The number of nitrogens with one attached hydrogen (secondary N) is 2. The van der Waals surface area contributed by atoms with Gasteiger partial charge in [0.15, 0.2) is 11.3 Å². The molecular weight excluding hydrogens is 585 g/mol. The number of aromatic nitrogens is 2. The van der Waals surface area contributed by atoms with Gasteiger partial charge in [-0.3, -0.25) is 23.7 Å². The number of rotatable bonds is 14. The molecule has 2 heterocycles. The third kappa shape index (κ3) is 8.37. The molecule has 1 fully saturated rings. The Morgan fingerprint density at radius 1 is 1.27 bits per heavy atom. The summed E-state index contributed by atoms with van der Waals surface area (Å²) in [5.74, 6) is 0.174. The minimum Gasteiger partial charge on any atom is -0.395 e. The summed E-state index contributed by atoms with van der Waals surface area (Å²) in [7, 11) is -3.83. The number of carbonyl (C=O) groups excluding carboxylic acids is 1. The number of aliphatic hydroxyl groups is 2. The molecule has 12 nitrogen and oxygen atoms in total. The molecular formula is C25H35ClN3O9PS. The zero-order valence-corrected chi connectivity index (χ0v) is 24.9. The number of nitrogens with zero attached hydrogens (tertiary/aromatic N) is 1. The Hall–Kier alpha value is -1.80. The van der Waals surface area contributed by atoms with E-state index in [0.29, 0.717) is 6.54 Å². The summed E-state index contributed by atoms with van der Waals surface area (Å²) in [6.45, 7) is 4.33. The van der Waals surface area contributed by atoms with Crippen LogP contribution in [0.5, 0.6) is 0 Å². The van der Waals surface area contributed by atoms with Gasteiger partial charge in [0, 0.05) is 24.6 Å². The van der Waals surface area contributed by atoms with Crippen LogP contribution >= 0.6 is 31.0 Å². The normalized spacial score (nSPS) is 24.6. The van der Waals surface area contributed by atoms with E-state index in [9.17, 15) is 29.2 Å². The van der Waals surface area contributed by atoms with Crippen molar-refractivity contribution in [3.8, 4) is 0 Å². The van der Waals surface area contributed by atoms with E-state index in [1.54, 1.807) is 13.8 Å². The van der Waals surface area contributed by atoms with Crippen LogP contribution in [0.2, 0.25) is 0 Å². The molecule has 0 radical (unpaired) electrons. The van der Waals surface area contributed by atoms with Crippen molar-refractivity contribution in [2.45, 2.75) is 50.6 Å². The number of benzene rings is 1. The zero-order chi connectivity index (χ0) is 29.6. The van der Waals surface area contributed by atoms with Gasteiger partial charge in [-0.2, -0.15) is 0 Å². The molecule has 0 bridgehead atoms. The molecule has 40 heavy (non-hydrogen) atoms. The van der Waals surface area contributed by atoms with Crippen molar-refractivity contribution in [3.63, 3.8) is 0 Å². The largest absolute Gasteiger partial charge is 0.395 e. The second kappa shape index (κ2) is 13.9. The highest BCUT2D eigenvalue weighted by molar-refractivity contribution is 8.13. The average molecular weight is 620 g/mol. The molecule has 0 amide bonds. The number of aliphatic hydroxyl groups excluding tert-OH is 2. The maximum Gasteiger partial charge on any atom is 0.344 e. The Morgan fingerprint density at radius 2 is 1.98 bits per heavy atom. The highest BCUT2D eigenvalue weighted by atomic mass is 35.5. The lowest BCUT2D eigenvalue weighted by Crippen LogP contribution is -2.43. The molecule has 4 N–H and O–H groups in total. The summed E-state index contributed by atoms with van der Waals surface area (Å²) in [6.07, 6.45) is -2.54. The average Bonchev–Trinajstić information content (AvgIpc) is 3.14. The molecule has 1 saturated heterocycles. The van der Waals surface area contributed by atoms with Crippen molar-refractivity contribution in [3.05, 3.63) is 69.0 Å². The lowest BCUT2D eigenvalue weighted by atomic mass is 9.97. The first-order valence-corrected chi connectivity index (χ1v) is 15.6. The van der Waals surface area contributed by atoms with Crippen molar-refractivity contribution >= 4 is 36.1 Å². The van der Waals surface area contributed by atoms with Crippen LogP contribution in [0.1, 0.15) is 32.6 Å². The van der Waals surface area contributed by atoms with Crippen molar-refractivity contribution in [2.75, 3.05) is 31.9 Å². The molecule has 222 valence electrons. The molecule has 1 aromatic carbocycles. The Morgan fingerprint density at radius 3 is 2.62 bits per heavy atom. The van der Waals surface area contributed by atoms with E-state index in [4.69, 9.17) is 25.4 Å². The molecule has 1 aromatic heterocycles. The first kappa shape index (κ1) is 32.7. The summed E-state index contributed by atoms with van der Waals surface area (Å²) >= 11 is 7.51. The van der Waals surface area contributed by atoms with Gasteiger partial charge >= 0.3 is 13.3 Å².